The molecule has 1 N–H and O–H groups in total. The third-order valence-corrected chi connectivity index (χ3v) is 5.66. The average molecular weight is 377 g/mol. The lowest BCUT2D eigenvalue weighted by Crippen LogP contribution is -2.39. The molecule has 0 aliphatic carbocycles. The van der Waals surface area contributed by atoms with Crippen LogP contribution in [0.15, 0.2) is 35.6 Å². The van der Waals surface area contributed by atoms with E-state index in [-0.39, 0.29) is 16.7 Å². The molecule has 1 amide bonds. The maximum Gasteiger partial charge on any atom is 0.227 e. The summed E-state index contributed by atoms with van der Waals surface area (Å²) in [6.07, 6.45) is 7.52. The number of aryl methyl sites for hydroxylation is 1. The zero-order valence-corrected chi connectivity index (χ0v) is 15.7. The Bertz CT molecular complexity index is 885. The number of piperidine rings is 1. The minimum absolute atomic E-state index is 0.0235. The average Bonchev–Trinajstić information content (AvgIpc) is 3.09. The minimum atomic E-state index is -3.35. The highest BCUT2D eigenvalue weighted by molar-refractivity contribution is 7.90. The number of nitrogens with zero attached hydrogens (tertiary/aromatic N) is 4. The normalized spacial score (nSPS) is 15.8. The zero-order chi connectivity index (χ0) is 18.7. The van der Waals surface area contributed by atoms with E-state index in [4.69, 9.17) is 0 Å². The number of hydrogen-bond donors (Lipinski definition) is 1. The number of pyridine rings is 1. The van der Waals surface area contributed by atoms with Gasteiger partial charge in [-0.15, -0.1) is 0 Å². The summed E-state index contributed by atoms with van der Waals surface area (Å²) in [5, 5.41) is 7.05. The monoisotopic (exact) mass is 377 g/mol. The molecule has 8 nitrogen and oxygen atoms in total. The Balaban J connectivity index is 1.63. The molecule has 0 saturated carbocycles. The summed E-state index contributed by atoms with van der Waals surface area (Å²) >= 11 is 0. The molecule has 26 heavy (non-hydrogen) atoms. The smallest absolute Gasteiger partial charge is 0.227 e. The summed E-state index contributed by atoms with van der Waals surface area (Å²) in [6, 6.07) is 3.19. The molecule has 2 aromatic rings. The SMILES string of the molecule is CCn1cc(NC(=O)C2CCN(c3ncccc3S(C)(=O)=O)CC2)cn1. The molecule has 0 spiro atoms. The Kier molecular flexibility index (Phi) is 5.26. The standard InChI is InChI=1S/C17H23N5O3S/c1-3-22-12-14(11-19-22)20-17(23)13-6-9-21(10-7-13)16-15(26(2,24)25)5-4-8-18-16/h4-5,8,11-13H,3,6-7,9-10H2,1-2H3,(H,20,23). The van der Waals surface area contributed by atoms with Gasteiger partial charge in [0.15, 0.2) is 9.84 Å². The van der Waals surface area contributed by atoms with E-state index < -0.39 is 9.84 Å². The van der Waals surface area contributed by atoms with Crippen molar-refractivity contribution >= 4 is 27.2 Å². The van der Waals surface area contributed by atoms with Gasteiger partial charge in [-0.1, -0.05) is 0 Å². The van der Waals surface area contributed by atoms with E-state index in [2.05, 4.69) is 15.4 Å². The summed E-state index contributed by atoms with van der Waals surface area (Å²) in [6.45, 7) is 3.91. The van der Waals surface area contributed by atoms with Gasteiger partial charge in [0.25, 0.3) is 0 Å². The lowest BCUT2D eigenvalue weighted by atomic mass is 9.96. The van der Waals surface area contributed by atoms with Crippen LogP contribution >= 0.6 is 0 Å². The van der Waals surface area contributed by atoms with Crippen LogP contribution < -0.4 is 10.2 Å². The van der Waals surface area contributed by atoms with Crippen LogP contribution in [0.5, 0.6) is 0 Å². The molecule has 0 aromatic carbocycles. The van der Waals surface area contributed by atoms with Crippen molar-refractivity contribution in [2.45, 2.75) is 31.2 Å². The number of carbonyl (C=O) groups excluding carboxylic acids is 1. The van der Waals surface area contributed by atoms with Gasteiger partial charge in [0.1, 0.15) is 10.7 Å². The van der Waals surface area contributed by atoms with Crippen LogP contribution in [-0.4, -0.2) is 48.4 Å². The van der Waals surface area contributed by atoms with E-state index in [1.807, 2.05) is 11.8 Å². The number of nitrogens with one attached hydrogen (secondary N) is 1. The third-order valence-electron chi connectivity index (χ3n) is 4.54. The summed E-state index contributed by atoms with van der Waals surface area (Å²) in [4.78, 5) is 18.9. The maximum absolute atomic E-state index is 12.5. The zero-order valence-electron chi connectivity index (χ0n) is 14.9. The molecule has 0 unspecified atom stereocenters. The van der Waals surface area contributed by atoms with Gasteiger partial charge in [0.2, 0.25) is 5.91 Å². The molecule has 1 aliphatic rings. The largest absolute Gasteiger partial charge is 0.355 e. The van der Waals surface area contributed by atoms with Crippen LogP contribution in [0.4, 0.5) is 11.5 Å². The van der Waals surface area contributed by atoms with E-state index >= 15 is 0 Å². The van der Waals surface area contributed by atoms with Crippen molar-refractivity contribution in [2.75, 3.05) is 29.6 Å². The van der Waals surface area contributed by atoms with Crippen LogP contribution in [0.25, 0.3) is 0 Å². The van der Waals surface area contributed by atoms with Crippen molar-refractivity contribution in [3.63, 3.8) is 0 Å². The van der Waals surface area contributed by atoms with Gasteiger partial charge in [0.05, 0.1) is 11.9 Å². The lowest BCUT2D eigenvalue weighted by Gasteiger charge is -2.32. The molecule has 0 bridgehead atoms. The summed E-state index contributed by atoms with van der Waals surface area (Å²) in [5.74, 6) is 0.337. The second-order valence-electron chi connectivity index (χ2n) is 6.43. The molecular formula is C17H23N5O3S. The Hall–Kier alpha value is -2.42. The first-order valence-electron chi connectivity index (χ1n) is 8.62. The second-order valence-corrected chi connectivity index (χ2v) is 8.42. The highest BCUT2D eigenvalue weighted by Crippen LogP contribution is 2.27. The van der Waals surface area contributed by atoms with E-state index in [0.29, 0.717) is 37.4 Å². The minimum Gasteiger partial charge on any atom is -0.355 e. The maximum atomic E-state index is 12.5. The van der Waals surface area contributed by atoms with Crippen molar-refractivity contribution in [1.29, 1.82) is 0 Å². The number of carbonyl (C=O) groups is 1. The van der Waals surface area contributed by atoms with E-state index in [9.17, 15) is 13.2 Å². The van der Waals surface area contributed by atoms with Gasteiger partial charge in [0, 0.05) is 44.2 Å². The van der Waals surface area contributed by atoms with Gasteiger partial charge in [-0.3, -0.25) is 9.48 Å². The number of sulfone groups is 1. The van der Waals surface area contributed by atoms with Crippen molar-refractivity contribution < 1.29 is 13.2 Å². The fraction of sp³-hybridized carbons (Fsp3) is 0.471. The van der Waals surface area contributed by atoms with Crippen molar-refractivity contribution in [3.8, 4) is 0 Å². The quantitative estimate of drug-likeness (QED) is 0.849. The van der Waals surface area contributed by atoms with Gasteiger partial charge in [-0.05, 0) is 31.9 Å². The predicted molar refractivity (Wildman–Crippen MR) is 98.8 cm³/mol. The number of hydrogen-bond acceptors (Lipinski definition) is 6. The van der Waals surface area contributed by atoms with Crippen LogP contribution in [0, 0.1) is 5.92 Å². The van der Waals surface area contributed by atoms with Crippen LogP contribution in [0.2, 0.25) is 0 Å². The number of rotatable bonds is 5. The summed E-state index contributed by atoms with van der Waals surface area (Å²) in [5.41, 5.74) is 0.698. The first-order chi connectivity index (χ1) is 12.4. The van der Waals surface area contributed by atoms with E-state index in [1.54, 1.807) is 35.4 Å². The Morgan fingerprint density at radius 2 is 2.08 bits per heavy atom. The molecule has 1 fully saturated rings. The molecule has 3 heterocycles. The molecule has 1 aliphatic heterocycles. The fourth-order valence-corrected chi connectivity index (χ4v) is 3.95. The lowest BCUT2D eigenvalue weighted by molar-refractivity contribution is -0.120. The molecular weight excluding hydrogens is 354 g/mol. The van der Waals surface area contributed by atoms with E-state index in [0.717, 1.165) is 6.54 Å². The fourth-order valence-electron chi connectivity index (χ4n) is 3.11. The summed E-state index contributed by atoms with van der Waals surface area (Å²) < 4.78 is 25.7. The van der Waals surface area contributed by atoms with Crippen LogP contribution in [0.3, 0.4) is 0 Å². The van der Waals surface area contributed by atoms with Crippen LogP contribution in [-0.2, 0) is 21.2 Å². The van der Waals surface area contributed by atoms with Gasteiger partial charge >= 0.3 is 0 Å². The number of amides is 1. The Morgan fingerprint density at radius 1 is 1.35 bits per heavy atom. The Labute approximate surface area is 153 Å². The second kappa shape index (κ2) is 7.45. The topological polar surface area (TPSA) is 97.2 Å². The highest BCUT2D eigenvalue weighted by atomic mass is 32.2. The Morgan fingerprint density at radius 3 is 2.69 bits per heavy atom. The van der Waals surface area contributed by atoms with Crippen molar-refractivity contribution in [3.05, 3.63) is 30.7 Å². The van der Waals surface area contributed by atoms with Crippen molar-refractivity contribution in [2.24, 2.45) is 5.92 Å². The molecule has 0 radical (unpaired) electrons. The van der Waals surface area contributed by atoms with Crippen molar-refractivity contribution in [1.82, 2.24) is 14.8 Å². The highest BCUT2D eigenvalue weighted by Gasteiger charge is 2.28. The number of anilines is 2. The summed E-state index contributed by atoms with van der Waals surface area (Å²) in [7, 11) is -3.35. The third kappa shape index (κ3) is 4.04. The molecule has 3 rings (SSSR count). The van der Waals surface area contributed by atoms with E-state index in [1.165, 1.54) is 6.26 Å². The molecule has 9 heteroatoms. The molecule has 0 atom stereocenters. The van der Waals surface area contributed by atoms with Gasteiger partial charge in [-0.2, -0.15) is 5.10 Å². The number of aromatic nitrogens is 3. The van der Waals surface area contributed by atoms with Gasteiger partial charge < -0.3 is 10.2 Å². The molecule has 2 aromatic heterocycles. The molecule has 1 saturated heterocycles. The first-order valence-corrected chi connectivity index (χ1v) is 10.5. The molecule has 140 valence electrons. The van der Waals surface area contributed by atoms with Gasteiger partial charge in [-0.25, -0.2) is 13.4 Å². The first kappa shape index (κ1) is 18.4. The van der Waals surface area contributed by atoms with Crippen LogP contribution in [0.1, 0.15) is 19.8 Å². The predicted octanol–water partition coefficient (Wildman–Crippen LogP) is 1.56.